The van der Waals surface area contributed by atoms with Crippen LogP contribution >= 0.6 is 0 Å². The van der Waals surface area contributed by atoms with Crippen molar-refractivity contribution in [2.24, 2.45) is 51.2 Å². The predicted molar refractivity (Wildman–Crippen MR) is 120 cm³/mol. The highest BCUT2D eigenvalue weighted by Crippen LogP contribution is 2.76. The summed E-state index contributed by atoms with van der Waals surface area (Å²) in [6.45, 7) is 17.4. The predicted octanol–water partition coefficient (Wildman–Crippen LogP) is 7.60. The molecule has 0 radical (unpaired) electrons. The highest BCUT2D eigenvalue weighted by Gasteiger charge is 2.68. The highest BCUT2D eigenvalue weighted by atomic mass is 16.1. The van der Waals surface area contributed by atoms with E-state index in [1.165, 1.54) is 56.9 Å². The summed E-state index contributed by atoms with van der Waals surface area (Å²) >= 11 is 0. The molecule has 0 amide bonds. The molecule has 0 bridgehead atoms. The number of fused-ring (bicyclic) bond motifs is 7. The van der Waals surface area contributed by atoms with Gasteiger partial charge in [0.25, 0.3) is 0 Å². The van der Waals surface area contributed by atoms with E-state index < -0.39 is 0 Å². The van der Waals surface area contributed by atoms with Crippen molar-refractivity contribution in [3.8, 4) is 0 Å². The van der Waals surface area contributed by atoms with Crippen LogP contribution in [0.25, 0.3) is 0 Å². The van der Waals surface area contributed by atoms with Gasteiger partial charge in [0, 0.05) is 12.8 Å². The van der Waals surface area contributed by atoms with E-state index in [1.807, 2.05) is 0 Å². The number of carbonyl (C=O) groups excluding carboxylic acids is 1. The van der Waals surface area contributed by atoms with Crippen LogP contribution in [0.1, 0.15) is 105 Å². The van der Waals surface area contributed by atoms with Crippen LogP contribution in [-0.4, -0.2) is 5.78 Å². The molecule has 0 heterocycles. The highest BCUT2D eigenvalue weighted by molar-refractivity contribution is 5.79. The number of hydrogen-bond donors (Lipinski definition) is 0. The number of carbonyl (C=O) groups is 1. The summed E-state index contributed by atoms with van der Waals surface area (Å²) in [6.07, 6.45) is 14.0. The maximum atomic E-state index is 12.2. The minimum absolute atomic E-state index is 0.402. The van der Waals surface area contributed by atoms with Gasteiger partial charge in [0.15, 0.2) is 0 Å². The molecule has 5 rings (SSSR count). The van der Waals surface area contributed by atoms with E-state index >= 15 is 0 Å². The van der Waals surface area contributed by atoms with E-state index in [0.717, 1.165) is 42.9 Å². The summed E-state index contributed by atoms with van der Waals surface area (Å²) in [5, 5.41) is 0. The minimum atomic E-state index is 0.402. The van der Waals surface area contributed by atoms with Crippen LogP contribution in [0.2, 0.25) is 0 Å². The van der Waals surface area contributed by atoms with Crippen LogP contribution in [0.3, 0.4) is 0 Å². The Balaban J connectivity index is 1.54. The zero-order valence-electron chi connectivity index (χ0n) is 19.8. The molecule has 9 atom stereocenters. The van der Waals surface area contributed by atoms with Crippen LogP contribution in [0, 0.1) is 51.2 Å². The largest absolute Gasteiger partial charge is 0.300 e. The quantitative estimate of drug-likeness (QED) is 0.417. The average Bonchev–Trinajstić information content (AvgIpc) is 3.01. The Hall–Kier alpha value is -0.590. The van der Waals surface area contributed by atoms with Crippen molar-refractivity contribution in [1.29, 1.82) is 0 Å². The molecule has 1 heteroatoms. The van der Waals surface area contributed by atoms with Crippen LogP contribution < -0.4 is 0 Å². The average molecular weight is 397 g/mol. The molecule has 5 aliphatic rings. The fourth-order valence-electron chi connectivity index (χ4n) is 10.4. The lowest BCUT2D eigenvalue weighted by atomic mass is 9.33. The molecule has 5 fully saturated rings. The molecule has 162 valence electrons. The van der Waals surface area contributed by atoms with Gasteiger partial charge in [0.1, 0.15) is 5.78 Å². The Bertz CT molecular complexity index is 737. The van der Waals surface area contributed by atoms with Gasteiger partial charge in [-0.1, -0.05) is 39.8 Å². The summed E-state index contributed by atoms with van der Waals surface area (Å²) in [5.74, 6) is 4.50. The Labute approximate surface area is 179 Å². The molecular weight excluding hydrogens is 352 g/mol. The molecule has 0 saturated heterocycles. The summed E-state index contributed by atoms with van der Waals surface area (Å²) in [4.78, 5) is 12.2. The lowest BCUT2D eigenvalue weighted by Gasteiger charge is -2.71. The van der Waals surface area contributed by atoms with Gasteiger partial charge in [-0.25, -0.2) is 0 Å². The second-order valence-electron chi connectivity index (χ2n) is 13.2. The van der Waals surface area contributed by atoms with E-state index in [4.69, 9.17) is 0 Å². The third-order valence-electron chi connectivity index (χ3n) is 12.4. The van der Waals surface area contributed by atoms with Crippen LogP contribution in [0.5, 0.6) is 0 Å². The van der Waals surface area contributed by atoms with Gasteiger partial charge in [0.05, 0.1) is 0 Å². The Morgan fingerprint density at radius 3 is 2.38 bits per heavy atom. The Morgan fingerprint density at radius 1 is 0.897 bits per heavy atom. The van der Waals surface area contributed by atoms with Crippen molar-refractivity contribution in [1.82, 2.24) is 0 Å². The number of ketones is 1. The molecule has 29 heavy (non-hydrogen) atoms. The second kappa shape index (κ2) is 6.23. The molecular formula is C28H44O. The van der Waals surface area contributed by atoms with Crippen molar-refractivity contribution in [2.75, 3.05) is 0 Å². The first-order valence-electron chi connectivity index (χ1n) is 12.7. The van der Waals surface area contributed by atoms with Crippen LogP contribution in [0.4, 0.5) is 0 Å². The summed E-state index contributed by atoms with van der Waals surface area (Å²) in [6, 6.07) is 0. The molecule has 0 aromatic heterocycles. The molecule has 0 aliphatic heterocycles. The molecule has 0 aromatic rings. The molecule has 0 aromatic carbocycles. The van der Waals surface area contributed by atoms with E-state index in [-0.39, 0.29) is 0 Å². The minimum Gasteiger partial charge on any atom is -0.300 e. The van der Waals surface area contributed by atoms with E-state index in [0.29, 0.717) is 33.4 Å². The van der Waals surface area contributed by atoms with Crippen LogP contribution in [-0.2, 0) is 4.79 Å². The van der Waals surface area contributed by atoms with E-state index in [2.05, 4.69) is 41.2 Å². The first-order valence-corrected chi connectivity index (χ1v) is 12.7. The third kappa shape index (κ3) is 2.48. The topological polar surface area (TPSA) is 17.1 Å². The van der Waals surface area contributed by atoms with Gasteiger partial charge in [-0.3, -0.25) is 4.79 Å². The molecule has 0 N–H and O–H groups in total. The van der Waals surface area contributed by atoms with Gasteiger partial charge < -0.3 is 0 Å². The summed E-state index contributed by atoms with van der Waals surface area (Å²) in [5.41, 5.74) is 3.32. The molecule has 5 aliphatic carbocycles. The first-order chi connectivity index (χ1) is 13.6. The van der Waals surface area contributed by atoms with Gasteiger partial charge in [0.2, 0.25) is 0 Å². The van der Waals surface area contributed by atoms with E-state index in [1.54, 1.807) is 0 Å². The number of rotatable bonds is 1. The normalized spacial score (nSPS) is 56.7. The van der Waals surface area contributed by atoms with Crippen LogP contribution in [0.15, 0.2) is 12.2 Å². The molecule has 5 saturated carbocycles. The van der Waals surface area contributed by atoms with Crippen molar-refractivity contribution in [2.45, 2.75) is 105 Å². The number of hydrogen-bond acceptors (Lipinski definition) is 1. The fraction of sp³-hybridized carbons (Fsp3) is 0.893. The lowest BCUT2D eigenvalue weighted by Crippen LogP contribution is -2.64. The van der Waals surface area contributed by atoms with Gasteiger partial charge in [-0.15, -0.1) is 0 Å². The van der Waals surface area contributed by atoms with Gasteiger partial charge in [-0.05, 0) is 116 Å². The molecule has 1 nitrogen and oxygen atoms in total. The molecule has 0 spiro atoms. The SMILES string of the molecule is C=C(C)[C@@H]1CC[C@@]2(C)CC[C@@]3(C)[C@@H](CC[C@@H]4[C@]5(C)CCC(=O)C[C@@H]5CC[C@@]43C)[C@H]12. The lowest BCUT2D eigenvalue weighted by molar-refractivity contribution is -0.220. The smallest absolute Gasteiger partial charge is 0.133 e. The zero-order chi connectivity index (χ0) is 20.8. The number of Topliss-reactive ketones (excluding diaryl/α,β-unsaturated/α-hetero) is 1. The van der Waals surface area contributed by atoms with E-state index in [9.17, 15) is 4.79 Å². The fourth-order valence-corrected chi connectivity index (χ4v) is 10.4. The Kier molecular flexibility index (Phi) is 4.36. The third-order valence-corrected chi connectivity index (χ3v) is 12.4. The van der Waals surface area contributed by atoms with Crippen molar-refractivity contribution < 1.29 is 4.79 Å². The zero-order valence-corrected chi connectivity index (χ0v) is 19.8. The van der Waals surface area contributed by atoms with Gasteiger partial charge in [-0.2, -0.15) is 0 Å². The Morgan fingerprint density at radius 2 is 1.66 bits per heavy atom. The maximum Gasteiger partial charge on any atom is 0.133 e. The van der Waals surface area contributed by atoms with Crippen molar-refractivity contribution in [3.05, 3.63) is 12.2 Å². The summed E-state index contributed by atoms with van der Waals surface area (Å²) in [7, 11) is 0. The monoisotopic (exact) mass is 396 g/mol. The molecule has 0 unspecified atom stereocenters. The second-order valence-corrected chi connectivity index (χ2v) is 13.2. The standard InChI is InChI=1S/C28H44O/c1-18(2)21-11-12-25(3)15-16-27(5)22(24(21)25)7-8-23-26(4)13-10-20(29)17-19(26)9-14-28(23,27)6/h19,21-24H,1,7-17H2,2-6H3/t19-,21-,22-,23+,24-,25-,26+,27-,28-/m0/s1. The van der Waals surface area contributed by atoms with Gasteiger partial charge >= 0.3 is 0 Å². The van der Waals surface area contributed by atoms with Crippen molar-refractivity contribution >= 4 is 5.78 Å². The number of allylic oxidation sites excluding steroid dienone is 1. The summed E-state index contributed by atoms with van der Waals surface area (Å²) < 4.78 is 0. The maximum absolute atomic E-state index is 12.2. The van der Waals surface area contributed by atoms with Crippen molar-refractivity contribution in [3.63, 3.8) is 0 Å². The first kappa shape index (κ1) is 20.3.